The van der Waals surface area contributed by atoms with Crippen LogP contribution in [-0.4, -0.2) is 145 Å². The molecule has 0 spiro atoms. The van der Waals surface area contributed by atoms with Gasteiger partial charge in [0.15, 0.2) is 0 Å². The molecule has 10 rings (SSSR count). The third-order valence-electron chi connectivity index (χ3n) is 18.6. The molecule has 6 saturated carbocycles. The van der Waals surface area contributed by atoms with Crippen LogP contribution in [0.2, 0.25) is 0 Å². The molecule has 4 aliphatic heterocycles. The van der Waals surface area contributed by atoms with Gasteiger partial charge < -0.3 is 19.6 Å². The van der Waals surface area contributed by atoms with Crippen LogP contribution in [0.3, 0.4) is 0 Å². The molecule has 0 aromatic heterocycles. The first kappa shape index (κ1) is 67.3. The van der Waals surface area contributed by atoms with Crippen LogP contribution >= 0.6 is 24.1 Å². The number of likely N-dealkylation sites (tertiary alicyclic amines) is 2. The first-order chi connectivity index (χ1) is 34.8. The largest absolute Gasteiger partial charge is 1.00 e. The molecule has 0 radical (unpaired) electrons. The summed E-state index contributed by atoms with van der Waals surface area (Å²) < 4.78 is 84.7. The molecule has 10 aliphatic rings. The second-order valence-electron chi connectivity index (χ2n) is 22.6. The number of nitrogens with zero attached hydrogens (tertiary/aromatic N) is 2. The van der Waals surface area contributed by atoms with E-state index < -0.39 is 49.0 Å². The Bertz CT molecular complexity index is 2000. The Morgan fingerprint density at radius 3 is 1.41 bits per heavy atom. The fraction of sp³-hybridized carbons (Fsp3) is 1.00. The summed E-state index contributed by atoms with van der Waals surface area (Å²) in [6.07, 6.45) is 15.2. The minimum absolute atomic E-state index is 0. The smallest absolute Gasteiger partial charge is 0.748 e. The maximum atomic E-state index is 13.0. The van der Waals surface area contributed by atoms with Crippen LogP contribution in [0.4, 0.5) is 0 Å². The molecule has 0 aromatic carbocycles. The van der Waals surface area contributed by atoms with Crippen molar-refractivity contribution in [2.75, 3.05) is 26.2 Å². The van der Waals surface area contributed by atoms with Crippen LogP contribution < -0.4 is 139 Å². The minimum Gasteiger partial charge on any atom is -0.748 e. The Labute approximate surface area is 506 Å². The fourth-order valence-electron chi connectivity index (χ4n) is 15.5. The van der Waals surface area contributed by atoms with E-state index in [0.717, 1.165) is 147 Å². The van der Waals surface area contributed by atoms with Crippen LogP contribution in [0.25, 0.3) is 0 Å². The van der Waals surface area contributed by atoms with Crippen molar-refractivity contribution >= 4 is 44.3 Å². The summed E-state index contributed by atoms with van der Waals surface area (Å²) in [5.41, 5.74) is 0. The van der Waals surface area contributed by atoms with Gasteiger partial charge in [-0.15, -0.1) is 0 Å². The molecular formula is C44H78Li4N12O12S4. The summed E-state index contributed by atoms with van der Waals surface area (Å²) in [6, 6.07) is -0.164. The predicted molar refractivity (Wildman–Crippen MR) is 260 cm³/mol. The van der Waals surface area contributed by atoms with E-state index in [0.29, 0.717) is 30.6 Å². The van der Waals surface area contributed by atoms with Gasteiger partial charge in [-0.3, -0.25) is 73.0 Å². The van der Waals surface area contributed by atoms with Crippen molar-refractivity contribution in [1.82, 2.24) is 63.0 Å². The molecule has 10 fully saturated rings. The Morgan fingerprint density at radius 2 is 0.908 bits per heavy atom. The van der Waals surface area contributed by atoms with Gasteiger partial charge in [-0.05, 0) is 151 Å². The van der Waals surface area contributed by atoms with Crippen LogP contribution in [0.1, 0.15) is 128 Å². The molecule has 4 saturated heterocycles. The SMILES string of the molecule is O=S(=O)([O-])C1CCC2C(CCC(NC3NC(NC4CCCC5C(NC6NC(NC7CCC8CC(SOO[O-])CCC8C7SOO[O-])NC(N7CCCC7)N6)CCCC45)NC(N4CCCC4)N3)C2S(=O)(=O)[O-])C1.[Li+].[Li+].[Li+].[Li+]. The molecule has 4 heterocycles. The average Bonchev–Trinajstić information content (AvgIpc) is 4.12. The van der Waals surface area contributed by atoms with Gasteiger partial charge in [0.05, 0.1) is 30.7 Å². The molecule has 32 heteroatoms. The van der Waals surface area contributed by atoms with E-state index in [-0.39, 0.29) is 167 Å². The Kier molecular flexibility index (Phi) is 27.5. The second-order valence-corrected chi connectivity index (χ2v) is 27.6. The van der Waals surface area contributed by atoms with Gasteiger partial charge in [-0.1, -0.05) is 12.8 Å². The first-order valence-corrected chi connectivity index (χ1v) is 31.6. The molecule has 414 valence electrons. The monoisotopic (exact) mass is 1120 g/mol. The van der Waals surface area contributed by atoms with Gasteiger partial charge in [-0.2, -0.15) is 8.67 Å². The Morgan fingerprint density at radius 1 is 0.447 bits per heavy atom. The van der Waals surface area contributed by atoms with Gasteiger partial charge in [0.2, 0.25) is 0 Å². The van der Waals surface area contributed by atoms with E-state index in [9.17, 15) is 36.5 Å². The third-order valence-corrected chi connectivity index (χ3v) is 23.1. The molecular weight excluding hydrogens is 1040 g/mol. The van der Waals surface area contributed by atoms with E-state index in [2.05, 4.69) is 73.0 Å². The fourth-order valence-corrected chi connectivity index (χ4v) is 19.4. The van der Waals surface area contributed by atoms with E-state index in [1.807, 2.05) is 0 Å². The van der Waals surface area contributed by atoms with E-state index in [1.54, 1.807) is 0 Å². The van der Waals surface area contributed by atoms with Crippen molar-refractivity contribution in [1.29, 1.82) is 0 Å². The van der Waals surface area contributed by atoms with Crippen molar-refractivity contribution in [2.45, 2.75) is 211 Å². The summed E-state index contributed by atoms with van der Waals surface area (Å²) in [5, 5.41) is 65.2. The molecule has 6 aliphatic carbocycles. The zero-order valence-electron chi connectivity index (χ0n) is 44.9. The number of rotatable bonds is 18. The van der Waals surface area contributed by atoms with Gasteiger partial charge in [0.1, 0.15) is 37.7 Å². The van der Waals surface area contributed by atoms with Crippen LogP contribution in [0.15, 0.2) is 0 Å². The Balaban J connectivity index is 0.00000234. The number of hydrogen-bond donors (Lipinski definition) is 10. The average molecular weight is 1120 g/mol. The standard InChI is InChI=1S/C44H82N12O12S4.4Li/c57-65-67-69-27-13-15-29-25(23-27)11-17-35(37(29)70-68-66-58)47-41-49-39(51-43(53-41)55-19-1-2-20-55)45-33-9-5-8-32-31(33)7-6-10-34(32)46-40-50-42(54-44(52-40)56-21-3-4-22-56)48-36-18-12-26-24-28(71(59,60)61)14-16-30(26)38(36)72(62,63)64;;;;/h25-54,57-58H,1-24H2,(H,59,60,61)(H,62,63,64);;;;/q;4*+1/p-4. The molecule has 24 nitrogen and oxygen atoms in total. The van der Waals surface area contributed by atoms with Crippen LogP contribution in [0.5, 0.6) is 0 Å². The third kappa shape index (κ3) is 16.8. The Hall–Kier alpha value is 2.19. The zero-order chi connectivity index (χ0) is 50.0. The topological polar surface area (TPSA) is 324 Å². The van der Waals surface area contributed by atoms with Gasteiger partial charge in [0, 0.05) is 84.9 Å². The molecule has 20 atom stereocenters. The number of fused-ring (bicyclic) bond motifs is 3. The summed E-state index contributed by atoms with van der Waals surface area (Å²) >= 11 is 2.21. The predicted octanol–water partition coefficient (Wildman–Crippen LogP) is -13.4. The van der Waals surface area contributed by atoms with Crippen molar-refractivity contribution < 1.29 is 131 Å². The molecule has 0 aromatic rings. The quantitative estimate of drug-likeness (QED) is 0.0200. The van der Waals surface area contributed by atoms with Crippen molar-refractivity contribution in [2.24, 2.45) is 35.5 Å². The summed E-state index contributed by atoms with van der Waals surface area (Å²) in [4.78, 5) is 4.83. The van der Waals surface area contributed by atoms with Crippen LogP contribution in [-0.2, 0) is 39.0 Å². The maximum Gasteiger partial charge on any atom is 1.00 e. The summed E-state index contributed by atoms with van der Waals surface area (Å²) in [7, 11) is -9.28. The number of nitrogens with one attached hydrogen (secondary N) is 10. The normalized spacial score (nSPS) is 42.4. The maximum absolute atomic E-state index is 13.0. The van der Waals surface area contributed by atoms with Gasteiger partial charge in [0.25, 0.3) is 0 Å². The minimum atomic E-state index is -4.77. The molecule has 76 heavy (non-hydrogen) atoms. The molecule has 20 unspecified atom stereocenters. The van der Waals surface area contributed by atoms with Gasteiger partial charge in [-0.25, -0.2) is 16.8 Å². The molecule has 0 bridgehead atoms. The van der Waals surface area contributed by atoms with E-state index in [4.69, 9.17) is 8.67 Å². The van der Waals surface area contributed by atoms with Crippen molar-refractivity contribution in [3.8, 4) is 0 Å². The molecule has 0 amide bonds. The summed E-state index contributed by atoms with van der Waals surface area (Å²) in [6.45, 7) is 3.82. The van der Waals surface area contributed by atoms with E-state index in [1.165, 1.54) is 0 Å². The first-order valence-electron chi connectivity index (χ1n) is 27.0. The van der Waals surface area contributed by atoms with Gasteiger partial charge >= 0.3 is 75.4 Å². The summed E-state index contributed by atoms with van der Waals surface area (Å²) in [5.74, 6) is 0.677. The molecule has 10 N–H and O–H groups in total. The number of hydrogen-bond acceptors (Lipinski definition) is 26. The second kappa shape index (κ2) is 31.0. The van der Waals surface area contributed by atoms with E-state index >= 15 is 0 Å². The van der Waals surface area contributed by atoms with Crippen molar-refractivity contribution in [3.05, 3.63) is 0 Å². The zero-order valence-corrected chi connectivity index (χ0v) is 48.2. The van der Waals surface area contributed by atoms with Crippen molar-refractivity contribution in [3.63, 3.8) is 0 Å². The van der Waals surface area contributed by atoms with Crippen LogP contribution in [0, 0.1) is 35.5 Å².